The van der Waals surface area contributed by atoms with Crippen LogP contribution in [0.2, 0.25) is 0 Å². The van der Waals surface area contributed by atoms with Gasteiger partial charge in [0.2, 0.25) is 5.62 Å². The van der Waals surface area contributed by atoms with Gasteiger partial charge in [-0.05, 0) is 54.1 Å². The quantitative estimate of drug-likeness (QED) is 0.525. The molecule has 2 aliphatic heterocycles. The van der Waals surface area contributed by atoms with Crippen LogP contribution in [0.5, 0.6) is 0 Å². The molecule has 1 fully saturated rings. The van der Waals surface area contributed by atoms with Crippen molar-refractivity contribution in [3.8, 4) is 0 Å². The van der Waals surface area contributed by atoms with Gasteiger partial charge in [-0.3, -0.25) is 5.41 Å². The minimum Gasteiger partial charge on any atom is -0.390 e. The number of H-pyrrole nitrogens is 1. The third-order valence-electron chi connectivity index (χ3n) is 7.22. The Balaban J connectivity index is 1.47. The van der Waals surface area contributed by atoms with Gasteiger partial charge in [0.25, 0.3) is 0 Å². The van der Waals surface area contributed by atoms with E-state index in [2.05, 4.69) is 9.88 Å². The number of aliphatic hydroxyl groups excluding tert-OH is 1. The molecular formula is C27H26F2N4O2. The number of hydrogen-bond donors (Lipinski definition) is 3. The Morgan fingerprint density at radius 2 is 2.06 bits per heavy atom. The van der Waals surface area contributed by atoms with E-state index in [-0.39, 0.29) is 35.8 Å². The number of aromatic amines is 1. The highest BCUT2D eigenvalue weighted by molar-refractivity contribution is 5.88. The van der Waals surface area contributed by atoms with Crippen LogP contribution in [0.25, 0.3) is 22.7 Å². The van der Waals surface area contributed by atoms with Crippen LogP contribution < -0.4 is 5.62 Å². The molecule has 2 aromatic carbocycles. The van der Waals surface area contributed by atoms with Gasteiger partial charge in [0.15, 0.2) is 0 Å². The molecule has 6 rings (SSSR count). The third-order valence-corrected chi connectivity index (χ3v) is 7.22. The molecule has 8 heteroatoms. The molecule has 3 heterocycles. The standard InChI is InChI=1S/C27H26F2N4O2/c1-32-12-24(25(34)13-32)33-23-8-5-15(10-22(23)31-27(33)30)9-19-17-3-2-4-21(29)20(17)14-35-26-11-16(28)6-7-18(19)26/h2-11,18,24-26,34H,12-14H2,1H3,(H2,30,31)/b19-9+/t18?,24-,25?,26?/m1/s1. The highest BCUT2D eigenvalue weighted by atomic mass is 19.1. The molecule has 35 heavy (non-hydrogen) atoms. The van der Waals surface area contributed by atoms with Crippen LogP contribution in [0.15, 0.2) is 60.5 Å². The summed E-state index contributed by atoms with van der Waals surface area (Å²) in [4.78, 5) is 5.18. The number of likely N-dealkylation sites (tertiary alicyclic amines) is 1. The Morgan fingerprint density at radius 3 is 2.86 bits per heavy atom. The number of aromatic nitrogens is 2. The molecule has 0 saturated carbocycles. The summed E-state index contributed by atoms with van der Waals surface area (Å²) in [5.74, 6) is -0.977. The summed E-state index contributed by atoms with van der Waals surface area (Å²) in [6, 6.07) is 10.6. The number of β-amino-alcohol motifs (C(OH)–C–C–N with tert-alkyl or cyclic N) is 1. The molecule has 0 radical (unpaired) electrons. The van der Waals surface area contributed by atoms with E-state index in [9.17, 15) is 13.9 Å². The van der Waals surface area contributed by atoms with Crippen LogP contribution in [-0.4, -0.2) is 51.9 Å². The topological polar surface area (TPSA) is 77.3 Å². The van der Waals surface area contributed by atoms with Crippen LogP contribution in [0.3, 0.4) is 0 Å². The van der Waals surface area contributed by atoms with Crippen molar-refractivity contribution in [3.63, 3.8) is 0 Å². The van der Waals surface area contributed by atoms with Crippen molar-refractivity contribution in [3.05, 3.63) is 88.6 Å². The summed E-state index contributed by atoms with van der Waals surface area (Å²) in [5, 5.41) is 19.0. The second kappa shape index (κ2) is 8.41. The lowest BCUT2D eigenvalue weighted by Crippen LogP contribution is -2.30. The van der Waals surface area contributed by atoms with Gasteiger partial charge in [0.05, 0.1) is 35.9 Å². The predicted molar refractivity (Wildman–Crippen MR) is 129 cm³/mol. The lowest BCUT2D eigenvalue weighted by atomic mass is 9.83. The fraction of sp³-hybridized carbons (Fsp3) is 0.296. The van der Waals surface area contributed by atoms with Gasteiger partial charge in [0, 0.05) is 24.6 Å². The normalized spacial score (nSPS) is 27.7. The first-order valence-corrected chi connectivity index (χ1v) is 11.7. The number of fused-ring (bicyclic) bond motifs is 3. The summed E-state index contributed by atoms with van der Waals surface area (Å²) in [6.45, 7) is 1.30. The van der Waals surface area contributed by atoms with Crippen LogP contribution >= 0.6 is 0 Å². The number of allylic oxidation sites excluding steroid dienone is 2. The molecule has 3 unspecified atom stereocenters. The molecule has 3 aromatic rings. The highest BCUT2D eigenvalue weighted by Gasteiger charge is 2.33. The number of aliphatic hydroxyl groups is 1. The average molecular weight is 477 g/mol. The molecule has 1 aliphatic carbocycles. The van der Waals surface area contributed by atoms with Gasteiger partial charge in [-0.1, -0.05) is 30.4 Å². The molecule has 1 saturated heterocycles. The van der Waals surface area contributed by atoms with E-state index in [4.69, 9.17) is 10.1 Å². The second-order valence-corrected chi connectivity index (χ2v) is 9.55. The fourth-order valence-electron chi connectivity index (χ4n) is 5.56. The van der Waals surface area contributed by atoms with E-state index in [1.54, 1.807) is 12.1 Å². The maximum absolute atomic E-state index is 14.7. The zero-order valence-corrected chi connectivity index (χ0v) is 19.2. The van der Waals surface area contributed by atoms with Gasteiger partial charge < -0.3 is 24.3 Å². The SMILES string of the molecule is CN1CC(O)[C@H](n2c(=N)[nH]c3cc(/C=C4\c5cccc(F)c5COC5C=C(F)C=CC45)ccc32)C1. The number of likely N-dealkylation sites (N-methyl/N-ethyl adjacent to an activating group) is 1. The summed E-state index contributed by atoms with van der Waals surface area (Å²) in [7, 11) is 1.96. The number of halogens is 2. The number of nitrogens with one attached hydrogen (secondary N) is 2. The predicted octanol–water partition coefficient (Wildman–Crippen LogP) is 3.91. The van der Waals surface area contributed by atoms with E-state index in [1.807, 2.05) is 42.0 Å². The molecule has 0 bridgehead atoms. The fourth-order valence-corrected chi connectivity index (χ4v) is 5.56. The summed E-state index contributed by atoms with van der Waals surface area (Å²) < 4.78 is 36.5. The van der Waals surface area contributed by atoms with Crippen molar-refractivity contribution in [1.82, 2.24) is 14.5 Å². The molecule has 3 N–H and O–H groups in total. The Kier molecular flexibility index (Phi) is 5.32. The summed E-state index contributed by atoms with van der Waals surface area (Å²) in [5.41, 5.74) is 4.77. The van der Waals surface area contributed by atoms with E-state index < -0.39 is 12.2 Å². The van der Waals surface area contributed by atoms with Crippen molar-refractivity contribution in [1.29, 1.82) is 5.41 Å². The van der Waals surface area contributed by atoms with E-state index in [1.165, 1.54) is 18.2 Å². The van der Waals surface area contributed by atoms with Crippen molar-refractivity contribution in [2.75, 3.05) is 20.1 Å². The average Bonchev–Trinajstić information content (AvgIpc) is 3.27. The molecule has 180 valence electrons. The van der Waals surface area contributed by atoms with E-state index in [0.29, 0.717) is 18.7 Å². The highest BCUT2D eigenvalue weighted by Crippen LogP contribution is 2.40. The number of ether oxygens (including phenoxy) is 1. The zero-order chi connectivity index (χ0) is 24.3. The smallest absolute Gasteiger partial charge is 0.200 e. The van der Waals surface area contributed by atoms with Gasteiger partial charge in [0.1, 0.15) is 11.6 Å². The van der Waals surface area contributed by atoms with Crippen LogP contribution in [-0.2, 0) is 11.3 Å². The first-order chi connectivity index (χ1) is 16.9. The van der Waals surface area contributed by atoms with E-state index in [0.717, 1.165) is 27.7 Å². The van der Waals surface area contributed by atoms with Crippen molar-refractivity contribution in [2.45, 2.75) is 24.9 Å². The number of benzene rings is 2. The largest absolute Gasteiger partial charge is 0.390 e. The minimum absolute atomic E-state index is 0.0637. The molecule has 6 nitrogen and oxygen atoms in total. The maximum Gasteiger partial charge on any atom is 0.200 e. The lowest BCUT2D eigenvalue weighted by Gasteiger charge is -2.24. The number of imidazole rings is 1. The van der Waals surface area contributed by atoms with Gasteiger partial charge in [-0.2, -0.15) is 0 Å². The molecule has 4 atom stereocenters. The number of hydrogen-bond acceptors (Lipinski definition) is 4. The van der Waals surface area contributed by atoms with Gasteiger partial charge in [-0.25, -0.2) is 8.78 Å². The molecule has 3 aliphatic rings. The van der Waals surface area contributed by atoms with Gasteiger partial charge in [-0.15, -0.1) is 0 Å². The first kappa shape index (κ1) is 22.2. The van der Waals surface area contributed by atoms with Crippen LogP contribution in [0, 0.1) is 17.1 Å². The monoisotopic (exact) mass is 476 g/mol. The van der Waals surface area contributed by atoms with Crippen LogP contribution in [0.4, 0.5) is 8.78 Å². The summed E-state index contributed by atoms with van der Waals surface area (Å²) >= 11 is 0. The minimum atomic E-state index is -0.546. The van der Waals surface area contributed by atoms with Crippen molar-refractivity contribution >= 4 is 22.7 Å². The zero-order valence-electron chi connectivity index (χ0n) is 19.2. The lowest BCUT2D eigenvalue weighted by molar-refractivity contribution is 0.0585. The Labute approximate surface area is 201 Å². The Hall–Kier alpha value is -3.33. The summed E-state index contributed by atoms with van der Waals surface area (Å²) in [6.07, 6.45) is 5.54. The number of rotatable bonds is 2. The van der Waals surface area contributed by atoms with Crippen molar-refractivity contribution in [2.24, 2.45) is 5.92 Å². The molecule has 0 amide bonds. The molecule has 0 spiro atoms. The van der Waals surface area contributed by atoms with Gasteiger partial charge >= 0.3 is 0 Å². The Morgan fingerprint density at radius 1 is 1.20 bits per heavy atom. The molecular weight excluding hydrogens is 450 g/mol. The third kappa shape index (κ3) is 3.78. The number of nitrogens with zero attached hydrogens (tertiary/aromatic N) is 2. The van der Waals surface area contributed by atoms with Crippen molar-refractivity contribution < 1.29 is 18.6 Å². The first-order valence-electron chi connectivity index (χ1n) is 11.7. The van der Waals surface area contributed by atoms with Crippen LogP contribution in [0.1, 0.15) is 22.7 Å². The van der Waals surface area contributed by atoms with E-state index >= 15 is 0 Å². The Bertz CT molecular complexity index is 1470. The second-order valence-electron chi connectivity index (χ2n) is 9.55. The maximum atomic E-state index is 14.7. The molecule has 1 aromatic heterocycles.